The maximum Gasteiger partial charge on any atom is 0.345 e. The predicted octanol–water partition coefficient (Wildman–Crippen LogP) is 8.69. The Labute approximate surface area is 649 Å². The van der Waals surface area contributed by atoms with Gasteiger partial charge >= 0.3 is 23.9 Å². The molecule has 0 aliphatic heterocycles. The molecule has 7 N–H and O–H groups in total. The third-order valence-electron chi connectivity index (χ3n) is 14.1. The van der Waals surface area contributed by atoms with Crippen LogP contribution >= 0.6 is 46.4 Å². The number of carbonyl (C=O) groups excluding carboxylic acids is 5. The van der Waals surface area contributed by atoms with Crippen LogP contribution < -0.4 is 53.6 Å². The number of methoxy groups -OCH3 is 6. The number of hydrogen-bond acceptors (Lipinski definition) is 27. The number of allylic oxidation sites excluding steroid dienone is 2. The zero-order valence-corrected chi connectivity index (χ0v) is 64.3. The van der Waals surface area contributed by atoms with Crippen molar-refractivity contribution in [1.29, 1.82) is 0 Å². The molecule has 9 rings (SSSR count). The average Bonchev–Trinajstić information content (AvgIpc) is 0.831. The van der Waals surface area contributed by atoms with Gasteiger partial charge in [0.1, 0.15) is 22.3 Å². The zero-order chi connectivity index (χ0) is 79.9. The van der Waals surface area contributed by atoms with Crippen molar-refractivity contribution >= 4 is 88.1 Å². The molecule has 0 aliphatic carbocycles. The van der Waals surface area contributed by atoms with Gasteiger partial charge < -0.3 is 74.4 Å². The molecule has 0 saturated heterocycles. The fraction of sp³-hybridized carbons (Fsp3) is 0.297. The Bertz CT molecular complexity index is 4410. The van der Waals surface area contributed by atoms with Crippen molar-refractivity contribution in [1.82, 2.24) is 63.8 Å². The average molecular weight is 1580 g/mol. The maximum atomic E-state index is 12.7. The molecule has 0 aliphatic rings. The van der Waals surface area contributed by atoms with E-state index in [1.54, 1.807) is 126 Å². The first-order valence-corrected chi connectivity index (χ1v) is 34.8. The van der Waals surface area contributed by atoms with Crippen LogP contribution in [-0.2, 0) is 54.7 Å². The number of unbranched alkanes of at least 4 members (excludes halogenated alkanes) is 4. The summed E-state index contributed by atoms with van der Waals surface area (Å²) >= 11 is 23.8. The largest absolute Gasteiger partial charge is 0.481 e. The second-order valence-electron chi connectivity index (χ2n) is 22.5. The summed E-state index contributed by atoms with van der Waals surface area (Å²) in [4.78, 5) is 129. The molecule has 0 spiro atoms. The standard InChI is InChI=1S/C22H25ClN6O3.2C13H11ClN2O3.C10H14ClNO4.C10H18N4O.C6H8N2/c1-32-19-7-11-27-22(28-19)26-10-4-2-3-9-25-20(30)18-12-17(23)15-29(21(18)31)14-16-6-5-8-24-13-16;2*1-19-13(18)11-5-10(14)8-16(12(11)17)7-9-3-2-4-15-6-9;1-12(2)6-7(11)5-8(9(13)15-3)10(14)16-4;1-15-9-5-8-13-10(14-9)12-7-4-2-3-6-11;7-4-6-2-1-3-8-5-6/h5-8,11-13,15H,2-4,9-10,14H2,1H3,(H,25,30)(H,26,27,28);2*2-6,8H,7H2,1H3;5-6H,1-4H3;5,8H,2-4,6-7,11H2,1H3,(H,12,13,14);1-3,5H,4,7H2/b;;;7-6-;;. The van der Waals surface area contributed by atoms with Crippen LogP contribution in [0.2, 0.25) is 15.1 Å². The first kappa shape index (κ1) is 89.9. The van der Waals surface area contributed by atoms with E-state index in [0.717, 1.165) is 73.9 Å². The van der Waals surface area contributed by atoms with Gasteiger partial charge in [0.25, 0.3) is 22.6 Å². The Balaban J connectivity index is 0.000000288. The van der Waals surface area contributed by atoms with E-state index in [1.807, 2.05) is 30.3 Å². The highest BCUT2D eigenvalue weighted by Crippen LogP contribution is 2.16. The minimum Gasteiger partial charge on any atom is -0.481 e. The highest BCUT2D eigenvalue weighted by Gasteiger charge is 2.21. The number of nitrogens with one attached hydrogen (secondary N) is 3. The number of hydrogen-bond donors (Lipinski definition) is 5. The molecule has 0 radical (unpaired) electrons. The van der Waals surface area contributed by atoms with Gasteiger partial charge in [-0.2, -0.15) is 9.97 Å². The van der Waals surface area contributed by atoms with E-state index in [2.05, 4.69) is 74.8 Å². The molecule has 0 atom stereocenters. The van der Waals surface area contributed by atoms with Crippen LogP contribution in [0.15, 0.2) is 197 Å². The fourth-order valence-corrected chi connectivity index (χ4v) is 9.89. The molecule has 0 bridgehead atoms. The molecule has 0 saturated carbocycles. The van der Waals surface area contributed by atoms with Crippen molar-refractivity contribution in [2.24, 2.45) is 11.5 Å². The summed E-state index contributed by atoms with van der Waals surface area (Å²) in [5.74, 6) is -1.21. The SMILES string of the molecule is COC(=O)C(=C/C(Cl)=C/N(C)C)C(=O)OC.COC(=O)c1cc(Cl)cn(Cc2cccnc2)c1=O.COC(=O)c1cc(Cl)cn(Cc2cccnc2)c1=O.COc1ccnc(NCCCCCN)n1.COc1ccnc(NCCCCCNC(=O)c2cc(Cl)cn(Cc3cccnc3)c2=O)n1.NCc1cccnc1. The third kappa shape index (κ3) is 33.9. The van der Waals surface area contributed by atoms with Gasteiger partial charge in [0.2, 0.25) is 23.7 Å². The summed E-state index contributed by atoms with van der Waals surface area (Å²) in [5, 5.41) is 10.2. The third-order valence-corrected chi connectivity index (χ3v) is 15.0. The number of esters is 4. The van der Waals surface area contributed by atoms with Crippen LogP contribution in [0.1, 0.15) is 91.9 Å². The molecule has 0 unspecified atom stereocenters. The van der Waals surface area contributed by atoms with Crippen molar-refractivity contribution in [2.75, 3.05) is 93.6 Å². The van der Waals surface area contributed by atoms with Crippen LogP contribution in [0.5, 0.6) is 11.8 Å². The number of amides is 1. The first-order chi connectivity index (χ1) is 52.5. The minimum atomic E-state index is -0.794. The number of halogens is 4. The number of nitrogens with zero attached hydrogens (tertiary/aromatic N) is 12. The lowest BCUT2D eigenvalue weighted by atomic mass is 10.2. The molecule has 9 aromatic rings. The second kappa shape index (κ2) is 50.9. The first-order valence-electron chi connectivity index (χ1n) is 33.3. The Hall–Kier alpha value is -11.5. The molecule has 9 heterocycles. The summed E-state index contributed by atoms with van der Waals surface area (Å²) < 4.78 is 32.2. The summed E-state index contributed by atoms with van der Waals surface area (Å²) in [6.07, 6.45) is 29.7. The molecule has 31 nitrogen and oxygen atoms in total. The van der Waals surface area contributed by atoms with E-state index in [0.29, 0.717) is 58.4 Å². The number of pyridine rings is 7. The number of aromatic nitrogens is 11. The van der Waals surface area contributed by atoms with Crippen LogP contribution in [0.3, 0.4) is 0 Å². The molecule has 109 heavy (non-hydrogen) atoms. The lowest BCUT2D eigenvalue weighted by molar-refractivity contribution is -0.144. The maximum absolute atomic E-state index is 12.7. The summed E-state index contributed by atoms with van der Waals surface area (Å²) in [6, 6.07) is 22.1. The predicted molar refractivity (Wildman–Crippen MR) is 415 cm³/mol. The molecular weight excluding hydrogens is 1490 g/mol. The van der Waals surface area contributed by atoms with Crippen LogP contribution in [-0.4, -0.2) is 171 Å². The van der Waals surface area contributed by atoms with E-state index in [1.165, 1.54) is 91.2 Å². The number of rotatable bonds is 29. The molecule has 0 fully saturated rings. The van der Waals surface area contributed by atoms with E-state index in [-0.39, 0.29) is 46.9 Å². The van der Waals surface area contributed by atoms with E-state index in [9.17, 15) is 38.4 Å². The normalized spacial score (nSPS) is 10.2. The topological polar surface area (TPSA) is 401 Å². The van der Waals surface area contributed by atoms with Gasteiger partial charge in [-0.05, 0) is 109 Å². The Morgan fingerprint density at radius 1 is 0.495 bits per heavy atom. The van der Waals surface area contributed by atoms with Crippen molar-refractivity contribution in [3.05, 3.63) is 267 Å². The van der Waals surface area contributed by atoms with E-state index < -0.39 is 46.5 Å². The molecule has 580 valence electrons. The molecule has 1 amide bonds. The Morgan fingerprint density at radius 2 is 0.872 bits per heavy atom. The summed E-state index contributed by atoms with van der Waals surface area (Å²) in [7, 11) is 11.4. The van der Waals surface area contributed by atoms with Crippen molar-refractivity contribution in [2.45, 2.75) is 64.7 Å². The van der Waals surface area contributed by atoms with Gasteiger partial charge in [0, 0.05) is 139 Å². The van der Waals surface area contributed by atoms with Gasteiger partial charge in [-0.1, -0.05) is 77.1 Å². The van der Waals surface area contributed by atoms with Gasteiger partial charge in [-0.3, -0.25) is 39.1 Å². The van der Waals surface area contributed by atoms with Crippen molar-refractivity contribution in [3.63, 3.8) is 0 Å². The number of ether oxygens (including phenoxy) is 6. The smallest absolute Gasteiger partial charge is 0.345 e. The zero-order valence-electron chi connectivity index (χ0n) is 61.3. The summed E-state index contributed by atoms with van der Waals surface area (Å²) in [5.41, 5.74) is 12.6. The van der Waals surface area contributed by atoms with E-state index in [4.69, 9.17) is 67.3 Å². The van der Waals surface area contributed by atoms with Crippen LogP contribution in [0, 0.1) is 0 Å². The van der Waals surface area contributed by atoms with Gasteiger partial charge in [0.15, 0.2) is 0 Å². The molecule has 0 aromatic carbocycles. The van der Waals surface area contributed by atoms with Crippen molar-refractivity contribution < 1.29 is 52.4 Å². The number of carbonyl (C=O) groups is 5. The quantitative estimate of drug-likeness (QED) is 0.00556. The number of nitrogens with two attached hydrogens (primary N) is 2. The highest BCUT2D eigenvalue weighted by molar-refractivity contribution is 6.32. The number of anilines is 2. The van der Waals surface area contributed by atoms with Gasteiger partial charge in [-0.25, -0.2) is 29.1 Å². The van der Waals surface area contributed by atoms with Crippen LogP contribution in [0.25, 0.3) is 0 Å². The van der Waals surface area contributed by atoms with Gasteiger partial charge in [-0.15, -0.1) is 0 Å². The monoisotopic (exact) mass is 1580 g/mol. The molecule has 9 aromatic heterocycles. The lowest BCUT2D eigenvalue weighted by Crippen LogP contribution is -2.33. The summed E-state index contributed by atoms with van der Waals surface area (Å²) in [6.45, 7) is 4.24. The van der Waals surface area contributed by atoms with Crippen molar-refractivity contribution in [3.8, 4) is 11.8 Å². The van der Waals surface area contributed by atoms with Gasteiger partial charge in [0.05, 0.1) is 82.4 Å². The van der Waals surface area contributed by atoms with Crippen LogP contribution in [0.4, 0.5) is 11.9 Å². The van der Waals surface area contributed by atoms with E-state index >= 15 is 0 Å². The Morgan fingerprint density at radius 3 is 1.21 bits per heavy atom. The Kier molecular flexibility index (Phi) is 42.0. The minimum absolute atomic E-state index is 0.0261. The highest BCUT2D eigenvalue weighted by atomic mass is 35.5. The molecule has 35 heteroatoms. The second-order valence-corrected chi connectivity index (χ2v) is 24.3. The lowest BCUT2D eigenvalue weighted by Gasteiger charge is -2.10. The fourth-order valence-electron chi connectivity index (χ4n) is 8.90. The molecular formula is C74H87Cl4N17O14.